The van der Waals surface area contributed by atoms with Crippen molar-refractivity contribution in [2.75, 3.05) is 18.0 Å². The van der Waals surface area contributed by atoms with Gasteiger partial charge in [-0.1, -0.05) is 30.7 Å². The van der Waals surface area contributed by atoms with Crippen LogP contribution < -0.4 is 15.0 Å². The van der Waals surface area contributed by atoms with Crippen molar-refractivity contribution in [1.29, 1.82) is 0 Å². The first kappa shape index (κ1) is 21.5. The van der Waals surface area contributed by atoms with Crippen molar-refractivity contribution in [3.8, 4) is 5.75 Å². The summed E-state index contributed by atoms with van der Waals surface area (Å²) in [7, 11) is 0. The molecule has 0 unspecified atom stereocenters. The van der Waals surface area contributed by atoms with Gasteiger partial charge in [-0.2, -0.15) is 0 Å². The molecule has 3 rings (SSSR count). The quantitative estimate of drug-likeness (QED) is 0.675. The van der Waals surface area contributed by atoms with Crippen molar-refractivity contribution in [3.63, 3.8) is 0 Å². The number of benzene rings is 2. The molecule has 5 heteroatoms. The Balaban J connectivity index is 1.56. The van der Waals surface area contributed by atoms with Crippen LogP contribution in [0.2, 0.25) is 5.02 Å². The predicted octanol–water partition coefficient (Wildman–Crippen LogP) is 5.53. The fourth-order valence-corrected chi connectivity index (χ4v) is 3.88. The van der Waals surface area contributed by atoms with Crippen LogP contribution in [0.25, 0.3) is 0 Å². The van der Waals surface area contributed by atoms with E-state index < -0.39 is 6.10 Å². The second kappa shape index (κ2) is 9.53. The van der Waals surface area contributed by atoms with Gasteiger partial charge in [0, 0.05) is 23.8 Å². The SMILES string of the molecule is Cc1cc(O[C@H](C)C(=O)N[C@@H](C)c2ccc(N3CCC[C@H](C)C3)cc2)ccc1Cl. The zero-order valence-corrected chi connectivity index (χ0v) is 18.5. The fourth-order valence-electron chi connectivity index (χ4n) is 3.76. The number of rotatable bonds is 6. The van der Waals surface area contributed by atoms with Crippen molar-refractivity contribution >= 4 is 23.2 Å². The number of piperidine rings is 1. The maximum Gasteiger partial charge on any atom is 0.261 e. The first-order valence-corrected chi connectivity index (χ1v) is 10.8. The monoisotopic (exact) mass is 414 g/mol. The Morgan fingerprint density at radius 3 is 2.59 bits per heavy atom. The van der Waals surface area contributed by atoms with Gasteiger partial charge >= 0.3 is 0 Å². The van der Waals surface area contributed by atoms with E-state index in [1.165, 1.54) is 18.5 Å². The second-order valence-corrected chi connectivity index (χ2v) is 8.59. The Morgan fingerprint density at radius 2 is 1.93 bits per heavy atom. The third kappa shape index (κ3) is 5.66. The Kier molecular flexibility index (Phi) is 7.07. The molecule has 1 amide bonds. The van der Waals surface area contributed by atoms with Crippen molar-refractivity contribution in [3.05, 3.63) is 58.6 Å². The lowest BCUT2D eigenvalue weighted by atomic mass is 9.99. The predicted molar refractivity (Wildman–Crippen MR) is 120 cm³/mol. The number of anilines is 1. The molecular formula is C24H31ClN2O2. The van der Waals surface area contributed by atoms with Crippen molar-refractivity contribution in [1.82, 2.24) is 5.32 Å². The minimum absolute atomic E-state index is 0.0881. The summed E-state index contributed by atoms with van der Waals surface area (Å²) >= 11 is 6.05. The van der Waals surface area contributed by atoms with Gasteiger partial charge in [0.25, 0.3) is 5.91 Å². The van der Waals surface area contributed by atoms with Crippen LogP contribution in [0.3, 0.4) is 0 Å². The highest BCUT2D eigenvalue weighted by Gasteiger charge is 2.19. The largest absolute Gasteiger partial charge is 0.481 e. The molecule has 0 aliphatic carbocycles. The number of hydrogen-bond acceptors (Lipinski definition) is 3. The summed E-state index contributed by atoms with van der Waals surface area (Å²) in [4.78, 5) is 15.0. The van der Waals surface area contributed by atoms with Crippen LogP contribution in [0, 0.1) is 12.8 Å². The summed E-state index contributed by atoms with van der Waals surface area (Å²) in [5.74, 6) is 1.24. The van der Waals surface area contributed by atoms with Gasteiger partial charge in [-0.3, -0.25) is 4.79 Å². The molecule has 1 N–H and O–H groups in total. The van der Waals surface area contributed by atoms with E-state index in [1.807, 2.05) is 19.9 Å². The number of nitrogens with zero attached hydrogens (tertiary/aromatic N) is 1. The maximum atomic E-state index is 12.6. The van der Waals surface area contributed by atoms with Crippen molar-refractivity contribution < 1.29 is 9.53 Å². The summed E-state index contributed by atoms with van der Waals surface area (Å²) in [6, 6.07) is 13.8. The molecule has 3 atom stereocenters. The molecule has 2 aromatic rings. The van der Waals surface area contributed by atoms with Crippen LogP contribution in [0.5, 0.6) is 5.75 Å². The number of carbonyl (C=O) groups excluding carboxylic acids is 1. The van der Waals surface area contributed by atoms with Crippen molar-refractivity contribution in [2.45, 2.75) is 52.7 Å². The van der Waals surface area contributed by atoms with Gasteiger partial charge in [-0.05, 0) is 81.0 Å². The maximum absolute atomic E-state index is 12.6. The molecule has 0 radical (unpaired) electrons. The van der Waals surface area contributed by atoms with Gasteiger partial charge in [-0.15, -0.1) is 0 Å². The summed E-state index contributed by atoms with van der Waals surface area (Å²) < 4.78 is 5.78. The van der Waals surface area contributed by atoms with E-state index in [0.717, 1.165) is 30.1 Å². The fraction of sp³-hybridized carbons (Fsp3) is 0.458. The highest BCUT2D eigenvalue weighted by Crippen LogP contribution is 2.25. The lowest BCUT2D eigenvalue weighted by molar-refractivity contribution is -0.127. The van der Waals surface area contributed by atoms with Gasteiger partial charge in [0.05, 0.1) is 6.04 Å². The lowest BCUT2D eigenvalue weighted by Crippen LogP contribution is -2.37. The van der Waals surface area contributed by atoms with Crippen molar-refractivity contribution in [2.24, 2.45) is 5.92 Å². The van der Waals surface area contributed by atoms with Gasteiger partial charge in [0.2, 0.25) is 0 Å². The van der Waals surface area contributed by atoms with Crippen LogP contribution >= 0.6 is 11.6 Å². The van der Waals surface area contributed by atoms with E-state index in [9.17, 15) is 4.79 Å². The highest BCUT2D eigenvalue weighted by atomic mass is 35.5. The molecule has 2 aromatic carbocycles. The molecule has 0 saturated carbocycles. The highest BCUT2D eigenvalue weighted by molar-refractivity contribution is 6.31. The summed E-state index contributed by atoms with van der Waals surface area (Å²) in [5, 5.41) is 3.73. The molecule has 0 aromatic heterocycles. The standard InChI is InChI=1S/C24H31ClN2O2/c1-16-6-5-13-27(15-16)21-9-7-20(8-10-21)18(3)26-24(28)19(4)29-22-11-12-23(25)17(2)14-22/h7-12,14,16,18-19H,5-6,13,15H2,1-4H3,(H,26,28)/t16-,18-,19+/m0/s1. The molecule has 1 saturated heterocycles. The number of nitrogens with one attached hydrogen (secondary N) is 1. The molecular weight excluding hydrogens is 384 g/mol. The molecule has 1 aliphatic rings. The molecule has 0 bridgehead atoms. The van der Waals surface area contributed by atoms with Gasteiger partial charge < -0.3 is 15.0 Å². The van der Waals surface area contributed by atoms with E-state index in [1.54, 1.807) is 19.1 Å². The zero-order valence-electron chi connectivity index (χ0n) is 17.7. The minimum Gasteiger partial charge on any atom is -0.481 e. The summed E-state index contributed by atoms with van der Waals surface area (Å²) in [5.41, 5.74) is 3.27. The van der Waals surface area contributed by atoms with E-state index in [2.05, 4.69) is 41.4 Å². The molecule has 4 nitrogen and oxygen atoms in total. The Morgan fingerprint density at radius 1 is 1.21 bits per heavy atom. The molecule has 1 heterocycles. The first-order chi connectivity index (χ1) is 13.8. The number of ether oxygens (including phenoxy) is 1. The van der Waals surface area contributed by atoms with Crippen LogP contribution in [-0.2, 0) is 4.79 Å². The number of hydrogen-bond donors (Lipinski definition) is 1. The number of carbonyl (C=O) groups is 1. The molecule has 29 heavy (non-hydrogen) atoms. The third-order valence-electron chi connectivity index (χ3n) is 5.59. The molecule has 0 spiro atoms. The van der Waals surface area contributed by atoms with Gasteiger partial charge in [-0.25, -0.2) is 0 Å². The Bertz CT molecular complexity index is 837. The number of aryl methyl sites for hydroxylation is 1. The van der Waals surface area contributed by atoms with E-state index in [-0.39, 0.29) is 11.9 Å². The smallest absolute Gasteiger partial charge is 0.261 e. The molecule has 1 aliphatic heterocycles. The summed E-state index contributed by atoms with van der Waals surface area (Å²) in [6.07, 6.45) is 1.97. The molecule has 156 valence electrons. The van der Waals surface area contributed by atoms with E-state index >= 15 is 0 Å². The van der Waals surface area contributed by atoms with Crippen LogP contribution in [0.15, 0.2) is 42.5 Å². The Labute approximate surface area is 179 Å². The normalized spacial score (nSPS) is 18.8. The average Bonchev–Trinajstić information content (AvgIpc) is 2.70. The van der Waals surface area contributed by atoms with E-state index in [0.29, 0.717) is 10.8 Å². The number of halogens is 1. The topological polar surface area (TPSA) is 41.6 Å². The van der Waals surface area contributed by atoms with E-state index in [4.69, 9.17) is 16.3 Å². The lowest BCUT2D eigenvalue weighted by Gasteiger charge is -2.33. The van der Waals surface area contributed by atoms with Gasteiger partial charge in [0.15, 0.2) is 6.10 Å². The number of amides is 1. The third-order valence-corrected chi connectivity index (χ3v) is 6.01. The molecule has 1 fully saturated rings. The van der Waals surface area contributed by atoms with Crippen LogP contribution in [0.1, 0.15) is 50.8 Å². The zero-order chi connectivity index (χ0) is 21.0. The summed E-state index contributed by atoms with van der Waals surface area (Å²) in [6.45, 7) is 10.2. The van der Waals surface area contributed by atoms with Gasteiger partial charge in [0.1, 0.15) is 5.75 Å². The van der Waals surface area contributed by atoms with Crippen LogP contribution in [-0.4, -0.2) is 25.1 Å². The average molecular weight is 415 g/mol. The minimum atomic E-state index is -0.591. The van der Waals surface area contributed by atoms with Crippen LogP contribution in [0.4, 0.5) is 5.69 Å². The Hall–Kier alpha value is -2.20. The first-order valence-electron chi connectivity index (χ1n) is 10.4. The second-order valence-electron chi connectivity index (χ2n) is 8.19.